The van der Waals surface area contributed by atoms with Gasteiger partial charge in [0.05, 0.1) is 0 Å². The van der Waals surface area contributed by atoms with Crippen LogP contribution in [0.3, 0.4) is 0 Å². The molecule has 0 N–H and O–H groups in total. The molecule has 0 bridgehead atoms. The van der Waals surface area contributed by atoms with E-state index in [0.717, 1.165) is 0 Å². The minimum Gasteiger partial charge on any atom is -0.310 e. The van der Waals surface area contributed by atoms with Gasteiger partial charge in [0.1, 0.15) is 0 Å². The summed E-state index contributed by atoms with van der Waals surface area (Å²) in [7, 11) is 0. The zero-order chi connectivity index (χ0) is 40.7. The molecule has 3 aliphatic rings. The quantitative estimate of drug-likeness (QED) is 0.172. The zero-order valence-electron chi connectivity index (χ0n) is 35.2. The normalized spacial score (nSPS) is 15.6. The second-order valence-corrected chi connectivity index (χ2v) is 18.9. The monoisotopic (exact) mass is 769 g/mol. The summed E-state index contributed by atoms with van der Waals surface area (Å²) in [4.78, 5) is 2.53. The van der Waals surface area contributed by atoms with E-state index in [9.17, 15) is 0 Å². The second-order valence-electron chi connectivity index (χ2n) is 18.9. The summed E-state index contributed by atoms with van der Waals surface area (Å²) in [5, 5.41) is 5.20. The number of benzene rings is 9. The molecule has 0 radical (unpaired) electrons. The highest BCUT2D eigenvalue weighted by molar-refractivity contribution is 6.12. The topological polar surface area (TPSA) is 3.24 Å². The van der Waals surface area contributed by atoms with E-state index in [1.54, 1.807) is 0 Å². The van der Waals surface area contributed by atoms with Gasteiger partial charge in [0.25, 0.3) is 0 Å². The average molecular weight is 770 g/mol. The summed E-state index contributed by atoms with van der Waals surface area (Å²) in [6.45, 7) is 14.4. The van der Waals surface area contributed by atoms with Gasteiger partial charge < -0.3 is 4.90 Å². The largest absolute Gasteiger partial charge is 0.310 e. The van der Waals surface area contributed by atoms with E-state index in [-0.39, 0.29) is 16.2 Å². The first-order valence-electron chi connectivity index (χ1n) is 21.5. The van der Waals surface area contributed by atoms with Crippen LogP contribution in [0.4, 0.5) is 17.1 Å². The Hall–Kier alpha value is -6.70. The first-order chi connectivity index (χ1) is 29.0. The van der Waals surface area contributed by atoms with Crippen molar-refractivity contribution in [3.63, 3.8) is 0 Å². The molecule has 0 saturated heterocycles. The Bertz CT molecular complexity index is 3190. The molecule has 288 valence electrons. The molecular weight excluding hydrogens is 723 g/mol. The number of hydrogen-bond donors (Lipinski definition) is 0. The lowest BCUT2D eigenvalue weighted by atomic mass is 9.67. The fourth-order valence-electron chi connectivity index (χ4n) is 11.5. The maximum absolute atomic E-state index is 2.53. The Kier molecular flexibility index (Phi) is 7.16. The molecule has 1 nitrogen and oxygen atoms in total. The standard InChI is InChI=1S/C59H47N/c1-57(2)49-22-11-9-19-43(49)45-30-26-38(33-52(45)57)60(39-27-31-46-44-20-10-12-23-50(44)58(3,4)53(46)34-39)40-28-32-48-54(35-40)59(5,6)51-24-14-17-37-25-29-47(56(48)55(37)51)42-21-13-16-36-15-7-8-18-41(36)42/h7-35H,1-6H3. The lowest BCUT2D eigenvalue weighted by Gasteiger charge is -2.37. The van der Waals surface area contributed by atoms with Crippen molar-refractivity contribution in [1.82, 2.24) is 0 Å². The Labute approximate surface area is 353 Å². The summed E-state index contributed by atoms with van der Waals surface area (Å²) < 4.78 is 0. The fraction of sp³-hybridized carbons (Fsp3) is 0.153. The van der Waals surface area contributed by atoms with Crippen LogP contribution in [0.5, 0.6) is 0 Å². The van der Waals surface area contributed by atoms with Crippen LogP contribution in [0.2, 0.25) is 0 Å². The van der Waals surface area contributed by atoms with Gasteiger partial charge in [0, 0.05) is 33.3 Å². The van der Waals surface area contributed by atoms with E-state index in [2.05, 4.69) is 222 Å². The van der Waals surface area contributed by atoms with Gasteiger partial charge in [0.2, 0.25) is 0 Å². The van der Waals surface area contributed by atoms with Crippen molar-refractivity contribution in [3.05, 3.63) is 209 Å². The van der Waals surface area contributed by atoms with E-state index >= 15 is 0 Å². The minimum absolute atomic E-state index is 0.118. The molecule has 60 heavy (non-hydrogen) atoms. The molecule has 0 amide bonds. The molecule has 0 spiro atoms. The Morgan fingerprint density at radius 2 is 0.717 bits per heavy atom. The van der Waals surface area contributed by atoms with Gasteiger partial charge in [-0.15, -0.1) is 0 Å². The minimum atomic E-state index is -0.246. The maximum Gasteiger partial charge on any atom is 0.0465 e. The van der Waals surface area contributed by atoms with Crippen molar-refractivity contribution in [2.45, 2.75) is 57.8 Å². The van der Waals surface area contributed by atoms with Crippen LogP contribution < -0.4 is 4.90 Å². The molecule has 0 heterocycles. The van der Waals surface area contributed by atoms with Gasteiger partial charge in [0.15, 0.2) is 0 Å². The van der Waals surface area contributed by atoms with Gasteiger partial charge in [-0.05, 0) is 136 Å². The third-order valence-corrected chi connectivity index (χ3v) is 14.7. The Morgan fingerprint density at radius 1 is 0.300 bits per heavy atom. The summed E-state index contributed by atoms with van der Waals surface area (Å²) >= 11 is 0. The van der Waals surface area contributed by atoms with Crippen LogP contribution in [0, 0.1) is 0 Å². The summed E-state index contributed by atoms with van der Waals surface area (Å²) in [5.41, 5.74) is 21.9. The van der Waals surface area contributed by atoms with Crippen LogP contribution in [-0.2, 0) is 16.2 Å². The third-order valence-electron chi connectivity index (χ3n) is 14.7. The smallest absolute Gasteiger partial charge is 0.0465 e. The lowest BCUT2D eigenvalue weighted by molar-refractivity contribution is 0.645. The van der Waals surface area contributed by atoms with Gasteiger partial charge in [-0.25, -0.2) is 0 Å². The maximum atomic E-state index is 2.53. The van der Waals surface area contributed by atoms with Crippen LogP contribution in [0.25, 0.3) is 66.1 Å². The fourth-order valence-corrected chi connectivity index (χ4v) is 11.5. The van der Waals surface area contributed by atoms with E-state index in [0.29, 0.717) is 0 Å². The summed E-state index contributed by atoms with van der Waals surface area (Å²) in [6, 6.07) is 66.8. The molecule has 0 saturated carbocycles. The van der Waals surface area contributed by atoms with Crippen LogP contribution in [0.15, 0.2) is 176 Å². The predicted octanol–water partition coefficient (Wildman–Crippen LogP) is 16.0. The van der Waals surface area contributed by atoms with Gasteiger partial charge in [-0.3, -0.25) is 0 Å². The molecular formula is C59H47N. The highest BCUT2D eigenvalue weighted by Gasteiger charge is 2.39. The molecule has 9 aromatic rings. The third kappa shape index (κ3) is 4.69. The molecule has 9 aromatic carbocycles. The SMILES string of the molecule is CC1(C)c2ccccc2-c2ccc(N(c3ccc4c(c3)C(C)(C)c3ccccc3-4)c3ccc4c(c3)C(C)(C)c3cccc5ccc(-c6cccc7ccccc67)c-4c35)cc21. The van der Waals surface area contributed by atoms with Crippen LogP contribution >= 0.6 is 0 Å². The highest BCUT2D eigenvalue weighted by atomic mass is 15.1. The molecule has 12 rings (SSSR count). The molecule has 1 heteroatoms. The first-order valence-corrected chi connectivity index (χ1v) is 21.5. The number of hydrogen-bond acceptors (Lipinski definition) is 1. The second kappa shape index (κ2) is 12.2. The average Bonchev–Trinajstić information content (AvgIpc) is 3.64. The number of rotatable bonds is 4. The number of anilines is 3. The molecule has 3 aliphatic carbocycles. The van der Waals surface area contributed by atoms with Crippen molar-refractivity contribution in [2.75, 3.05) is 4.90 Å². The van der Waals surface area contributed by atoms with Crippen LogP contribution in [-0.4, -0.2) is 0 Å². The van der Waals surface area contributed by atoms with E-state index in [1.165, 1.54) is 116 Å². The molecule has 0 fully saturated rings. The van der Waals surface area contributed by atoms with Crippen molar-refractivity contribution < 1.29 is 0 Å². The number of nitrogens with zero attached hydrogens (tertiary/aromatic N) is 1. The lowest BCUT2D eigenvalue weighted by Crippen LogP contribution is -2.25. The summed E-state index contributed by atoms with van der Waals surface area (Å²) in [6.07, 6.45) is 0. The van der Waals surface area contributed by atoms with Crippen molar-refractivity contribution in [2.24, 2.45) is 0 Å². The zero-order valence-corrected chi connectivity index (χ0v) is 35.2. The van der Waals surface area contributed by atoms with Gasteiger partial charge in [-0.1, -0.05) is 181 Å². The Balaban J connectivity index is 1.10. The number of fused-ring (bicyclic) bond motifs is 9. The van der Waals surface area contributed by atoms with E-state index in [1.807, 2.05) is 0 Å². The molecule has 0 unspecified atom stereocenters. The Morgan fingerprint density at radius 3 is 1.35 bits per heavy atom. The molecule has 0 aliphatic heterocycles. The molecule has 0 aromatic heterocycles. The molecule has 0 atom stereocenters. The predicted molar refractivity (Wildman–Crippen MR) is 254 cm³/mol. The van der Waals surface area contributed by atoms with E-state index < -0.39 is 0 Å². The van der Waals surface area contributed by atoms with Crippen LogP contribution in [0.1, 0.15) is 74.9 Å². The van der Waals surface area contributed by atoms with Crippen molar-refractivity contribution >= 4 is 38.6 Å². The highest BCUT2D eigenvalue weighted by Crippen LogP contribution is 2.56. The van der Waals surface area contributed by atoms with Crippen molar-refractivity contribution in [3.8, 4) is 44.5 Å². The van der Waals surface area contributed by atoms with E-state index in [4.69, 9.17) is 0 Å². The summed E-state index contributed by atoms with van der Waals surface area (Å²) in [5.74, 6) is 0. The van der Waals surface area contributed by atoms with Gasteiger partial charge in [-0.2, -0.15) is 0 Å². The van der Waals surface area contributed by atoms with Gasteiger partial charge >= 0.3 is 0 Å². The first kappa shape index (κ1) is 35.3. The van der Waals surface area contributed by atoms with Crippen molar-refractivity contribution in [1.29, 1.82) is 0 Å².